The van der Waals surface area contributed by atoms with Crippen molar-refractivity contribution in [3.8, 4) is 0 Å². The number of hydrogen-bond acceptors (Lipinski definition) is 3. The van der Waals surface area contributed by atoms with Gasteiger partial charge in [0, 0.05) is 17.5 Å². The minimum absolute atomic E-state index is 0.331. The van der Waals surface area contributed by atoms with Crippen LogP contribution in [0.15, 0.2) is 11.6 Å². The molecule has 2 aromatic rings. The smallest absolute Gasteiger partial charge is 0.194 e. The van der Waals surface area contributed by atoms with E-state index in [1.807, 2.05) is 0 Å². The molecule has 1 aliphatic rings. The van der Waals surface area contributed by atoms with Gasteiger partial charge in [-0.05, 0) is 24.8 Å². The third-order valence-electron chi connectivity index (χ3n) is 4.08. The van der Waals surface area contributed by atoms with Gasteiger partial charge in [-0.15, -0.1) is 11.3 Å². The largest absolute Gasteiger partial charge is 0.330 e. The quantitative estimate of drug-likeness (QED) is 0.868. The first-order valence-corrected chi connectivity index (χ1v) is 6.57. The van der Waals surface area contributed by atoms with E-state index < -0.39 is 0 Å². The standard InChI is InChI=1S/C12H17N3S/c1-7-10(9-8(6-13)12(9,2)3)15-4-5-16-11(15)14-7/h4-5,8-9H,6,13H2,1-3H3. The number of thiazole rings is 1. The average molecular weight is 235 g/mol. The van der Waals surface area contributed by atoms with Gasteiger partial charge < -0.3 is 5.73 Å². The van der Waals surface area contributed by atoms with Gasteiger partial charge in [-0.2, -0.15) is 0 Å². The molecule has 0 aromatic carbocycles. The fraction of sp³-hybridized carbons (Fsp3) is 0.583. The normalized spacial score (nSPS) is 27.5. The van der Waals surface area contributed by atoms with Gasteiger partial charge in [-0.1, -0.05) is 13.8 Å². The predicted octanol–water partition coefficient (Wildman–Crippen LogP) is 2.40. The SMILES string of the molecule is Cc1nc2sccn2c1C1C(CN)C1(C)C. The highest BCUT2D eigenvalue weighted by Crippen LogP contribution is 2.64. The second-order valence-electron chi connectivity index (χ2n) is 5.28. The van der Waals surface area contributed by atoms with Gasteiger partial charge in [0.25, 0.3) is 0 Å². The van der Waals surface area contributed by atoms with Crippen LogP contribution in [0.4, 0.5) is 0 Å². The number of imidazole rings is 1. The van der Waals surface area contributed by atoms with E-state index in [4.69, 9.17) is 5.73 Å². The monoisotopic (exact) mass is 235 g/mol. The number of hydrogen-bond donors (Lipinski definition) is 1. The van der Waals surface area contributed by atoms with E-state index in [1.54, 1.807) is 11.3 Å². The van der Waals surface area contributed by atoms with Crippen LogP contribution >= 0.6 is 11.3 Å². The Hall–Kier alpha value is -0.870. The lowest BCUT2D eigenvalue weighted by atomic mass is 10.1. The Morgan fingerprint density at radius 3 is 2.94 bits per heavy atom. The number of nitrogens with zero attached hydrogens (tertiary/aromatic N) is 2. The fourth-order valence-corrected chi connectivity index (χ4v) is 3.78. The molecule has 2 heterocycles. The topological polar surface area (TPSA) is 43.3 Å². The molecule has 2 atom stereocenters. The molecule has 16 heavy (non-hydrogen) atoms. The minimum Gasteiger partial charge on any atom is -0.330 e. The first kappa shape index (κ1) is 10.3. The first-order chi connectivity index (χ1) is 7.57. The molecule has 0 aliphatic heterocycles. The highest BCUT2D eigenvalue weighted by atomic mass is 32.1. The zero-order valence-electron chi connectivity index (χ0n) is 9.90. The van der Waals surface area contributed by atoms with E-state index in [9.17, 15) is 0 Å². The Kier molecular flexibility index (Phi) is 1.98. The van der Waals surface area contributed by atoms with Crippen molar-refractivity contribution in [1.29, 1.82) is 0 Å². The molecule has 0 bridgehead atoms. The first-order valence-electron chi connectivity index (χ1n) is 5.69. The van der Waals surface area contributed by atoms with E-state index in [0.29, 0.717) is 17.3 Å². The molecule has 0 amide bonds. The van der Waals surface area contributed by atoms with Crippen LogP contribution in [-0.4, -0.2) is 15.9 Å². The van der Waals surface area contributed by atoms with Crippen molar-refractivity contribution in [2.24, 2.45) is 17.1 Å². The number of fused-ring (bicyclic) bond motifs is 1. The van der Waals surface area contributed by atoms with Gasteiger partial charge in [0.05, 0.1) is 11.4 Å². The van der Waals surface area contributed by atoms with E-state index in [1.165, 1.54) is 11.4 Å². The lowest BCUT2D eigenvalue weighted by molar-refractivity contribution is 0.556. The summed E-state index contributed by atoms with van der Waals surface area (Å²) in [5.74, 6) is 1.17. The summed E-state index contributed by atoms with van der Waals surface area (Å²) in [5, 5.41) is 2.10. The van der Waals surface area contributed by atoms with Crippen LogP contribution in [0.25, 0.3) is 4.96 Å². The lowest BCUT2D eigenvalue weighted by Gasteiger charge is -2.02. The maximum Gasteiger partial charge on any atom is 0.194 e. The molecule has 0 radical (unpaired) electrons. The molecule has 0 spiro atoms. The van der Waals surface area contributed by atoms with Crippen LogP contribution in [0.3, 0.4) is 0 Å². The predicted molar refractivity (Wildman–Crippen MR) is 66.9 cm³/mol. The third kappa shape index (κ3) is 1.14. The van der Waals surface area contributed by atoms with E-state index in [-0.39, 0.29) is 0 Å². The van der Waals surface area contributed by atoms with Crippen molar-refractivity contribution in [2.45, 2.75) is 26.7 Å². The molecule has 1 saturated carbocycles. The molecule has 3 nitrogen and oxygen atoms in total. The molecular formula is C12H17N3S. The van der Waals surface area contributed by atoms with Crippen LogP contribution in [0.5, 0.6) is 0 Å². The van der Waals surface area contributed by atoms with Gasteiger partial charge in [-0.25, -0.2) is 4.98 Å². The molecular weight excluding hydrogens is 218 g/mol. The molecule has 1 fully saturated rings. The summed E-state index contributed by atoms with van der Waals surface area (Å²) in [6, 6.07) is 0. The minimum atomic E-state index is 0.331. The van der Waals surface area contributed by atoms with Gasteiger partial charge in [-0.3, -0.25) is 4.40 Å². The fourth-order valence-electron chi connectivity index (χ4n) is 3.01. The van der Waals surface area contributed by atoms with Gasteiger partial charge >= 0.3 is 0 Å². The summed E-state index contributed by atoms with van der Waals surface area (Å²) >= 11 is 1.70. The highest BCUT2D eigenvalue weighted by molar-refractivity contribution is 7.15. The molecule has 2 N–H and O–H groups in total. The summed E-state index contributed by atoms with van der Waals surface area (Å²) in [5.41, 5.74) is 8.72. The van der Waals surface area contributed by atoms with Crippen molar-refractivity contribution in [3.05, 3.63) is 23.0 Å². The van der Waals surface area contributed by atoms with Gasteiger partial charge in [0.15, 0.2) is 4.96 Å². The van der Waals surface area contributed by atoms with Crippen molar-refractivity contribution >= 4 is 16.3 Å². The molecule has 1 aliphatic carbocycles. The van der Waals surface area contributed by atoms with Gasteiger partial charge in [0.2, 0.25) is 0 Å². The number of aryl methyl sites for hydroxylation is 1. The molecule has 3 rings (SSSR count). The number of aromatic nitrogens is 2. The summed E-state index contributed by atoms with van der Waals surface area (Å²) in [4.78, 5) is 5.71. The summed E-state index contributed by atoms with van der Waals surface area (Å²) in [6.07, 6.45) is 2.12. The number of nitrogens with two attached hydrogens (primary N) is 1. The average Bonchev–Trinajstić information content (AvgIpc) is 2.55. The van der Waals surface area contributed by atoms with Crippen LogP contribution in [0.2, 0.25) is 0 Å². The molecule has 4 heteroatoms. The summed E-state index contributed by atoms with van der Waals surface area (Å²) < 4.78 is 2.24. The highest BCUT2D eigenvalue weighted by Gasteiger charge is 2.59. The van der Waals surface area contributed by atoms with Crippen LogP contribution in [0, 0.1) is 18.3 Å². The summed E-state index contributed by atoms with van der Waals surface area (Å²) in [6.45, 7) is 7.49. The molecule has 2 aromatic heterocycles. The Bertz CT molecular complexity index is 537. The molecule has 86 valence electrons. The Balaban J connectivity index is 2.13. The number of rotatable bonds is 2. The van der Waals surface area contributed by atoms with Crippen molar-refractivity contribution < 1.29 is 0 Å². The van der Waals surface area contributed by atoms with Crippen LogP contribution in [-0.2, 0) is 0 Å². The molecule has 0 saturated heterocycles. The second-order valence-corrected chi connectivity index (χ2v) is 6.15. The Morgan fingerprint density at radius 2 is 2.31 bits per heavy atom. The van der Waals surface area contributed by atoms with Crippen LogP contribution < -0.4 is 5.73 Å². The zero-order chi connectivity index (χ0) is 11.5. The third-order valence-corrected chi connectivity index (χ3v) is 4.84. The summed E-state index contributed by atoms with van der Waals surface area (Å²) in [7, 11) is 0. The van der Waals surface area contributed by atoms with E-state index in [2.05, 4.69) is 41.7 Å². The maximum atomic E-state index is 5.85. The lowest BCUT2D eigenvalue weighted by Crippen LogP contribution is -2.05. The van der Waals surface area contributed by atoms with E-state index >= 15 is 0 Å². The van der Waals surface area contributed by atoms with Crippen molar-refractivity contribution in [3.63, 3.8) is 0 Å². The Labute approximate surface area is 99.3 Å². The van der Waals surface area contributed by atoms with Crippen molar-refractivity contribution in [1.82, 2.24) is 9.38 Å². The van der Waals surface area contributed by atoms with Crippen LogP contribution in [0.1, 0.15) is 31.2 Å². The second kappa shape index (κ2) is 3.08. The zero-order valence-corrected chi connectivity index (χ0v) is 10.7. The molecule has 2 unspecified atom stereocenters. The Morgan fingerprint density at radius 1 is 1.56 bits per heavy atom. The maximum absolute atomic E-state index is 5.85. The van der Waals surface area contributed by atoms with Crippen molar-refractivity contribution in [2.75, 3.05) is 6.54 Å². The van der Waals surface area contributed by atoms with E-state index in [0.717, 1.165) is 11.5 Å². The van der Waals surface area contributed by atoms with Gasteiger partial charge in [0.1, 0.15) is 0 Å².